The Bertz CT molecular complexity index is 953. The van der Waals surface area contributed by atoms with Gasteiger partial charge in [0.15, 0.2) is 0 Å². The smallest absolute Gasteiger partial charge is 0.133 e. The molecule has 0 amide bonds. The molecule has 2 bridgehead atoms. The van der Waals surface area contributed by atoms with E-state index in [0.29, 0.717) is 18.7 Å². The van der Waals surface area contributed by atoms with Gasteiger partial charge in [-0.15, -0.1) is 0 Å². The van der Waals surface area contributed by atoms with E-state index in [2.05, 4.69) is 46.1 Å². The third-order valence-corrected chi connectivity index (χ3v) is 6.15. The van der Waals surface area contributed by atoms with E-state index in [4.69, 9.17) is 14.5 Å². The number of anilines is 1. The predicted octanol–water partition coefficient (Wildman–Crippen LogP) is 2.74. The van der Waals surface area contributed by atoms with Crippen molar-refractivity contribution in [3.8, 4) is 5.75 Å². The lowest BCUT2D eigenvalue weighted by atomic mass is 10.0. The Morgan fingerprint density at radius 3 is 2.93 bits per heavy atom. The summed E-state index contributed by atoms with van der Waals surface area (Å²) in [6.45, 7) is 4.58. The highest BCUT2D eigenvalue weighted by Gasteiger charge is 2.41. The second-order valence-corrected chi connectivity index (χ2v) is 8.29. The number of nitrogens with zero attached hydrogens (tertiary/aromatic N) is 4. The van der Waals surface area contributed by atoms with E-state index >= 15 is 0 Å². The van der Waals surface area contributed by atoms with Crippen molar-refractivity contribution in [2.24, 2.45) is 4.99 Å². The van der Waals surface area contributed by atoms with E-state index in [-0.39, 0.29) is 5.60 Å². The van der Waals surface area contributed by atoms with Crippen LogP contribution in [0.5, 0.6) is 5.75 Å². The highest BCUT2D eigenvalue weighted by molar-refractivity contribution is 6.14. The Labute approximate surface area is 158 Å². The summed E-state index contributed by atoms with van der Waals surface area (Å²) in [6, 6.07) is 8.83. The number of aromatic nitrogens is 2. The second kappa shape index (κ2) is 5.52. The monoisotopic (exact) mass is 362 g/mol. The van der Waals surface area contributed by atoms with Crippen molar-refractivity contribution < 1.29 is 9.47 Å². The van der Waals surface area contributed by atoms with E-state index < -0.39 is 0 Å². The fourth-order valence-electron chi connectivity index (χ4n) is 4.32. The quantitative estimate of drug-likeness (QED) is 0.837. The number of ether oxygens (including phenoxy) is 2. The fourth-order valence-corrected chi connectivity index (χ4v) is 4.32. The van der Waals surface area contributed by atoms with Crippen LogP contribution in [0.4, 0.5) is 5.82 Å². The zero-order valence-corrected chi connectivity index (χ0v) is 15.4. The van der Waals surface area contributed by atoms with Crippen molar-refractivity contribution in [3.05, 3.63) is 47.4 Å². The summed E-state index contributed by atoms with van der Waals surface area (Å²) in [7, 11) is 0. The largest absolute Gasteiger partial charge is 0.488 e. The van der Waals surface area contributed by atoms with E-state index in [0.717, 1.165) is 61.0 Å². The Balaban J connectivity index is 1.31. The van der Waals surface area contributed by atoms with Crippen LogP contribution in [0.25, 0.3) is 0 Å². The molecule has 6 heteroatoms. The maximum atomic E-state index is 6.15. The molecule has 1 aliphatic carbocycles. The van der Waals surface area contributed by atoms with Gasteiger partial charge in [-0.3, -0.25) is 4.99 Å². The lowest BCUT2D eigenvalue weighted by molar-refractivity contribution is 0.0989. The summed E-state index contributed by atoms with van der Waals surface area (Å²) in [4.78, 5) is 16.2. The summed E-state index contributed by atoms with van der Waals surface area (Å²) in [5, 5.41) is 0. The maximum absolute atomic E-state index is 6.15. The lowest BCUT2D eigenvalue weighted by Gasteiger charge is -2.27. The third kappa shape index (κ3) is 2.62. The molecule has 138 valence electrons. The third-order valence-electron chi connectivity index (χ3n) is 6.15. The Morgan fingerprint density at radius 1 is 1.22 bits per heavy atom. The summed E-state index contributed by atoms with van der Waals surface area (Å²) < 4.78 is 11.9. The molecular formula is C21H22N4O2. The second-order valence-electron chi connectivity index (χ2n) is 8.29. The van der Waals surface area contributed by atoms with Gasteiger partial charge in [0, 0.05) is 18.2 Å². The van der Waals surface area contributed by atoms with Gasteiger partial charge in [0.1, 0.15) is 23.5 Å². The van der Waals surface area contributed by atoms with Gasteiger partial charge in [-0.25, -0.2) is 9.97 Å². The molecule has 2 saturated heterocycles. The van der Waals surface area contributed by atoms with Crippen molar-refractivity contribution >= 4 is 11.5 Å². The van der Waals surface area contributed by atoms with Gasteiger partial charge in [-0.05, 0) is 43.9 Å². The highest BCUT2D eigenvalue weighted by Crippen LogP contribution is 2.40. The maximum Gasteiger partial charge on any atom is 0.133 e. The standard InChI is InChI=1S/C21H22N4O2/c1-21(4-5-21)27-15-3-2-13-9-22-20(17(13)7-15)18-8-19(24-12-23-18)25-10-16-6-14(25)11-26-16/h2-3,7-8,12,14,16H,4-6,9-11H2,1H3/t14-,16-/m0/s1. The van der Waals surface area contributed by atoms with E-state index in [9.17, 15) is 0 Å². The Hall–Kier alpha value is -2.47. The molecule has 3 aliphatic heterocycles. The first-order valence-electron chi connectivity index (χ1n) is 9.74. The van der Waals surface area contributed by atoms with Crippen LogP contribution in [0.2, 0.25) is 0 Å². The number of morpholine rings is 1. The van der Waals surface area contributed by atoms with Gasteiger partial charge >= 0.3 is 0 Å². The van der Waals surface area contributed by atoms with Crippen molar-refractivity contribution in [1.82, 2.24) is 9.97 Å². The first-order valence-corrected chi connectivity index (χ1v) is 9.74. The molecular weight excluding hydrogens is 340 g/mol. The van der Waals surface area contributed by atoms with Crippen molar-refractivity contribution in [3.63, 3.8) is 0 Å². The zero-order chi connectivity index (χ0) is 18.0. The minimum atomic E-state index is 0.0172. The molecule has 1 aromatic heterocycles. The minimum absolute atomic E-state index is 0.0172. The zero-order valence-electron chi connectivity index (χ0n) is 15.4. The number of hydrogen-bond donors (Lipinski definition) is 0. The van der Waals surface area contributed by atoms with Crippen LogP contribution in [-0.2, 0) is 11.3 Å². The molecule has 4 heterocycles. The molecule has 4 aliphatic rings. The molecule has 27 heavy (non-hydrogen) atoms. The van der Waals surface area contributed by atoms with Crippen LogP contribution in [0, 0.1) is 0 Å². The molecule has 6 nitrogen and oxygen atoms in total. The van der Waals surface area contributed by atoms with Crippen LogP contribution in [0.15, 0.2) is 35.6 Å². The SMILES string of the molecule is CC1(Oc2ccc3c(c2)C(c2cc(N4C[C@@H]5C[C@H]4CO5)ncn2)=NC3)CC1. The number of hydrogen-bond acceptors (Lipinski definition) is 6. The van der Waals surface area contributed by atoms with Crippen LogP contribution < -0.4 is 9.64 Å². The molecule has 2 atom stereocenters. The minimum Gasteiger partial charge on any atom is -0.488 e. The highest BCUT2D eigenvalue weighted by atomic mass is 16.5. The van der Waals surface area contributed by atoms with E-state index in [1.54, 1.807) is 6.33 Å². The first kappa shape index (κ1) is 15.6. The number of rotatable bonds is 4. The molecule has 2 aromatic rings. The van der Waals surface area contributed by atoms with Gasteiger partial charge in [0.05, 0.1) is 36.7 Å². The van der Waals surface area contributed by atoms with Gasteiger partial charge in [-0.1, -0.05) is 6.07 Å². The van der Waals surface area contributed by atoms with Gasteiger partial charge in [-0.2, -0.15) is 0 Å². The number of aliphatic imine (C=N–C) groups is 1. The molecule has 0 unspecified atom stereocenters. The number of fused-ring (bicyclic) bond motifs is 3. The van der Waals surface area contributed by atoms with Crippen molar-refractivity contribution in [1.29, 1.82) is 0 Å². The van der Waals surface area contributed by atoms with Gasteiger partial charge in [0.2, 0.25) is 0 Å². The number of benzene rings is 1. The summed E-state index contributed by atoms with van der Waals surface area (Å²) >= 11 is 0. The molecule has 3 fully saturated rings. The fraction of sp³-hybridized carbons (Fsp3) is 0.476. The summed E-state index contributed by atoms with van der Waals surface area (Å²) in [6.07, 6.45) is 5.36. The summed E-state index contributed by atoms with van der Waals surface area (Å²) in [5.74, 6) is 1.90. The normalized spacial score (nSPS) is 26.9. The van der Waals surface area contributed by atoms with Crippen molar-refractivity contribution in [2.45, 2.75) is 50.5 Å². The molecule has 6 rings (SSSR count). The molecule has 0 N–H and O–H groups in total. The van der Waals surface area contributed by atoms with Crippen molar-refractivity contribution in [2.75, 3.05) is 18.1 Å². The Kier molecular flexibility index (Phi) is 3.18. The van der Waals surface area contributed by atoms with Gasteiger partial charge < -0.3 is 14.4 Å². The van der Waals surface area contributed by atoms with Crippen LogP contribution in [0.3, 0.4) is 0 Å². The average molecular weight is 362 g/mol. The molecule has 1 saturated carbocycles. The molecule has 0 radical (unpaired) electrons. The van der Waals surface area contributed by atoms with E-state index in [1.165, 1.54) is 5.56 Å². The van der Waals surface area contributed by atoms with Crippen LogP contribution >= 0.6 is 0 Å². The Morgan fingerprint density at radius 2 is 2.15 bits per heavy atom. The summed E-state index contributed by atoms with van der Waals surface area (Å²) in [5.41, 5.74) is 4.21. The van der Waals surface area contributed by atoms with E-state index in [1.807, 2.05) is 0 Å². The first-order chi connectivity index (χ1) is 13.2. The van der Waals surface area contributed by atoms with Crippen LogP contribution in [-0.4, -0.2) is 46.6 Å². The average Bonchev–Trinajstić information content (AvgIpc) is 3.11. The van der Waals surface area contributed by atoms with Crippen LogP contribution in [0.1, 0.15) is 43.0 Å². The predicted molar refractivity (Wildman–Crippen MR) is 102 cm³/mol. The lowest BCUT2D eigenvalue weighted by Crippen LogP contribution is -2.37. The molecule has 0 spiro atoms. The topological polar surface area (TPSA) is 59.8 Å². The molecule has 1 aromatic carbocycles. The van der Waals surface area contributed by atoms with Gasteiger partial charge in [0.25, 0.3) is 0 Å².